The van der Waals surface area contributed by atoms with E-state index in [0.717, 1.165) is 5.56 Å². The average Bonchev–Trinajstić information content (AvgIpc) is 2.18. The molecule has 0 bridgehead atoms. The van der Waals surface area contributed by atoms with Crippen molar-refractivity contribution in [2.75, 3.05) is 7.11 Å². The van der Waals surface area contributed by atoms with Crippen LogP contribution in [-0.4, -0.2) is 12.1 Å². The molecule has 0 radical (unpaired) electrons. The average molecular weight is 176 g/mol. The molecular weight excluding hydrogens is 164 g/mol. The van der Waals surface area contributed by atoms with Gasteiger partial charge in [0, 0.05) is 6.20 Å². The van der Waals surface area contributed by atoms with Crippen LogP contribution in [0.5, 0.6) is 5.75 Å². The van der Waals surface area contributed by atoms with Crippen molar-refractivity contribution in [2.24, 2.45) is 0 Å². The number of ether oxygens (including phenoxy) is 1. The number of hydrogen-bond donors (Lipinski definition) is 0. The Morgan fingerprint density at radius 2 is 2.15 bits per heavy atom. The minimum Gasteiger partial charge on any atom is -0.495 e. The largest absolute Gasteiger partial charge is 0.495 e. The molecule has 0 atom stereocenters. The van der Waals surface area contributed by atoms with E-state index in [1.165, 1.54) is 0 Å². The van der Waals surface area contributed by atoms with Gasteiger partial charge in [-0.2, -0.15) is 5.26 Å². The summed E-state index contributed by atoms with van der Waals surface area (Å²) in [5, 5.41) is 8.89. The molecule has 68 valence electrons. The topological polar surface area (TPSA) is 45.9 Å². The van der Waals surface area contributed by atoms with Gasteiger partial charge in [0.2, 0.25) is 0 Å². The van der Waals surface area contributed by atoms with E-state index in [4.69, 9.17) is 10.00 Å². The first-order valence-electron chi connectivity index (χ1n) is 4.01. The molecule has 0 fully saturated rings. The van der Waals surface area contributed by atoms with Gasteiger partial charge in [0.1, 0.15) is 5.75 Å². The van der Waals surface area contributed by atoms with Crippen LogP contribution in [0.25, 0.3) is 0 Å². The second kappa shape index (κ2) is 3.44. The highest BCUT2D eigenvalue weighted by atomic mass is 16.5. The van der Waals surface area contributed by atoms with Crippen molar-refractivity contribution in [1.29, 1.82) is 5.26 Å². The maximum Gasteiger partial charge on any atom is 0.137 e. The zero-order chi connectivity index (χ0) is 9.90. The smallest absolute Gasteiger partial charge is 0.137 e. The highest BCUT2D eigenvalue weighted by molar-refractivity contribution is 5.33. The molecule has 1 rings (SSSR count). The summed E-state index contributed by atoms with van der Waals surface area (Å²) in [6.45, 7) is 3.70. The van der Waals surface area contributed by atoms with Crippen LogP contribution in [0.15, 0.2) is 18.5 Å². The number of pyridine rings is 1. The molecule has 0 amide bonds. The van der Waals surface area contributed by atoms with Crippen molar-refractivity contribution >= 4 is 0 Å². The molecule has 1 aromatic heterocycles. The van der Waals surface area contributed by atoms with Crippen LogP contribution in [0, 0.1) is 11.3 Å². The molecule has 0 saturated heterocycles. The molecule has 1 heterocycles. The van der Waals surface area contributed by atoms with Gasteiger partial charge < -0.3 is 4.74 Å². The van der Waals surface area contributed by atoms with E-state index in [0.29, 0.717) is 5.75 Å². The highest BCUT2D eigenvalue weighted by Gasteiger charge is 2.20. The Labute approximate surface area is 78.0 Å². The lowest BCUT2D eigenvalue weighted by atomic mass is 9.87. The van der Waals surface area contributed by atoms with Crippen LogP contribution >= 0.6 is 0 Å². The van der Waals surface area contributed by atoms with Gasteiger partial charge >= 0.3 is 0 Å². The number of rotatable bonds is 2. The third-order valence-corrected chi connectivity index (χ3v) is 1.95. The molecule has 0 N–H and O–H groups in total. The first kappa shape index (κ1) is 9.53. The molecule has 0 aliphatic carbocycles. The lowest BCUT2D eigenvalue weighted by Gasteiger charge is -2.15. The fourth-order valence-corrected chi connectivity index (χ4v) is 0.937. The molecule has 0 unspecified atom stereocenters. The summed E-state index contributed by atoms with van der Waals surface area (Å²) in [7, 11) is 1.58. The van der Waals surface area contributed by atoms with E-state index in [-0.39, 0.29) is 0 Å². The summed E-state index contributed by atoms with van der Waals surface area (Å²) < 4.78 is 5.02. The van der Waals surface area contributed by atoms with Crippen LogP contribution in [0.4, 0.5) is 0 Å². The van der Waals surface area contributed by atoms with E-state index in [9.17, 15) is 0 Å². The van der Waals surface area contributed by atoms with Crippen molar-refractivity contribution in [1.82, 2.24) is 4.98 Å². The summed E-state index contributed by atoms with van der Waals surface area (Å²) in [5.41, 5.74) is 0.357. The SMILES string of the molecule is COc1cncc(C(C)(C)C#N)c1. The van der Waals surface area contributed by atoms with Crippen LogP contribution in [-0.2, 0) is 5.41 Å². The Bertz CT molecular complexity index is 339. The van der Waals surface area contributed by atoms with Gasteiger partial charge in [-0.15, -0.1) is 0 Å². The zero-order valence-electron chi connectivity index (χ0n) is 8.03. The van der Waals surface area contributed by atoms with Crippen molar-refractivity contribution in [3.05, 3.63) is 24.0 Å². The number of hydrogen-bond acceptors (Lipinski definition) is 3. The molecule has 0 spiro atoms. The molecule has 13 heavy (non-hydrogen) atoms. The quantitative estimate of drug-likeness (QED) is 0.691. The van der Waals surface area contributed by atoms with E-state index in [1.54, 1.807) is 19.5 Å². The Morgan fingerprint density at radius 1 is 1.46 bits per heavy atom. The summed E-state index contributed by atoms with van der Waals surface area (Å²) in [6.07, 6.45) is 3.31. The van der Waals surface area contributed by atoms with Crippen LogP contribution in [0.2, 0.25) is 0 Å². The minimum atomic E-state index is -0.512. The molecule has 0 aliphatic rings. The molecule has 3 heteroatoms. The summed E-state index contributed by atoms with van der Waals surface area (Å²) in [6, 6.07) is 4.04. The third kappa shape index (κ3) is 1.97. The van der Waals surface area contributed by atoms with Gasteiger partial charge in [-0.3, -0.25) is 4.98 Å². The monoisotopic (exact) mass is 176 g/mol. The summed E-state index contributed by atoms with van der Waals surface area (Å²) in [4.78, 5) is 3.99. The Hall–Kier alpha value is -1.56. The maximum absolute atomic E-state index is 8.89. The van der Waals surface area contributed by atoms with E-state index in [2.05, 4.69) is 11.1 Å². The number of methoxy groups -OCH3 is 1. The molecule has 0 aliphatic heterocycles. The van der Waals surface area contributed by atoms with E-state index < -0.39 is 5.41 Å². The molecular formula is C10H12N2O. The van der Waals surface area contributed by atoms with Crippen molar-refractivity contribution in [3.8, 4) is 11.8 Å². The molecule has 0 aromatic carbocycles. The van der Waals surface area contributed by atoms with Crippen molar-refractivity contribution < 1.29 is 4.74 Å². The lowest BCUT2D eigenvalue weighted by molar-refractivity contribution is 0.411. The molecule has 1 aromatic rings. The van der Waals surface area contributed by atoms with Gasteiger partial charge in [-0.1, -0.05) is 0 Å². The van der Waals surface area contributed by atoms with E-state index >= 15 is 0 Å². The Kier molecular flexibility index (Phi) is 2.52. The van der Waals surface area contributed by atoms with Gasteiger partial charge in [0.25, 0.3) is 0 Å². The first-order valence-corrected chi connectivity index (χ1v) is 4.01. The van der Waals surface area contributed by atoms with Crippen molar-refractivity contribution in [3.63, 3.8) is 0 Å². The fraction of sp³-hybridized carbons (Fsp3) is 0.400. The summed E-state index contributed by atoms with van der Waals surface area (Å²) in [5.74, 6) is 0.681. The minimum absolute atomic E-state index is 0.512. The van der Waals surface area contributed by atoms with Gasteiger partial charge in [0.05, 0.1) is 24.8 Å². The zero-order valence-corrected chi connectivity index (χ0v) is 8.03. The number of nitrogens with zero attached hydrogens (tertiary/aromatic N) is 2. The number of nitriles is 1. The fourth-order valence-electron chi connectivity index (χ4n) is 0.937. The van der Waals surface area contributed by atoms with Crippen LogP contribution < -0.4 is 4.74 Å². The van der Waals surface area contributed by atoms with Gasteiger partial charge in [-0.25, -0.2) is 0 Å². The highest BCUT2D eigenvalue weighted by Crippen LogP contribution is 2.24. The standard InChI is InChI=1S/C10H12N2O/c1-10(2,7-11)8-4-9(13-3)6-12-5-8/h4-6H,1-3H3. The second-order valence-electron chi connectivity index (χ2n) is 3.35. The van der Waals surface area contributed by atoms with Gasteiger partial charge in [-0.05, 0) is 25.5 Å². The summed E-state index contributed by atoms with van der Waals surface area (Å²) >= 11 is 0. The maximum atomic E-state index is 8.89. The van der Waals surface area contributed by atoms with Crippen molar-refractivity contribution in [2.45, 2.75) is 19.3 Å². The molecule has 0 saturated carbocycles. The lowest BCUT2D eigenvalue weighted by Crippen LogP contribution is -2.14. The predicted molar refractivity (Wildman–Crippen MR) is 49.4 cm³/mol. The van der Waals surface area contributed by atoms with Gasteiger partial charge in [0.15, 0.2) is 0 Å². The van der Waals surface area contributed by atoms with Crippen LogP contribution in [0.1, 0.15) is 19.4 Å². The van der Waals surface area contributed by atoms with E-state index in [1.807, 2.05) is 19.9 Å². The third-order valence-electron chi connectivity index (χ3n) is 1.95. The van der Waals surface area contributed by atoms with Crippen LogP contribution in [0.3, 0.4) is 0 Å². The Morgan fingerprint density at radius 3 is 2.69 bits per heavy atom. The second-order valence-corrected chi connectivity index (χ2v) is 3.35. The normalized spacial score (nSPS) is 10.6. The molecule has 3 nitrogen and oxygen atoms in total. The first-order chi connectivity index (χ1) is 6.10. The Balaban J connectivity index is 3.10. The number of aromatic nitrogens is 1. The predicted octanol–water partition coefficient (Wildman–Crippen LogP) is 1.89.